The number of hydrogen-bond donors (Lipinski definition) is 1. The zero-order valence-electron chi connectivity index (χ0n) is 10.7. The Morgan fingerprint density at radius 2 is 2.17 bits per heavy atom. The van der Waals surface area contributed by atoms with Crippen LogP contribution in [0.5, 0.6) is 0 Å². The van der Waals surface area contributed by atoms with Gasteiger partial charge in [0, 0.05) is 32.4 Å². The van der Waals surface area contributed by atoms with Gasteiger partial charge in [-0.3, -0.25) is 4.98 Å². The number of likely N-dealkylation sites (N-methyl/N-ethyl adjacent to an activating group) is 1. The van der Waals surface area contributed by atoms with Gasteiger partial charge in [-0.15, -0.1) is 0 Å². The Morgan fingerprint density at radius 3 is 2.89 bits per heavy atom. The number of nitrogens with one attached hydrogen (secondary N) is 1. The summed E-state index contributed by atoms with van der Waals surface area (Å²) in [5.74, 6) is 1.72. The Hall–Kier alpha value is -2.01. The van der Waals surface area contributed by atoms with Crippen LogP contribution in [0.1, 0.15) is 5.82 Å². The number of hydrogen-bond acceptors (Lipinski definition) is 5. The molecule has 0 amide bonds. The highest BCUT2D eigenvalue weighted by atomic mass is 15.2. The third kappa shape index (κ3) is 3.01. The van der Waals surface area contributed by atoms with E-state index < -0.39 is 0 Å². The summed E-state index contributed by atoms with van der Waals surface area (Å²) in [6.07, 6.45) is 6.19. The molecule has 0 atom stereocenters. The fourth-order valence-electron chi connectivity index (χ4n) is 1.62. The largest absolute Gasteiger partial charge is 0.328 e. The van der Waals surface area contributed by atoms with Crippen LogP contribution in [0, 0.1) is 0 Å². The van der Waals surface area contributed by atoms with Crippen LogP contribution < -0.4 is 10.2 Å². The van der Waals surface area contributed by atoms with Crippen molar-refractivity contribution >= 4 is 11.5 Å². The predicted octanol–water partition coefficient (Wildman–Crippen LogP) is 1.40. The SMILES string of the molecule is CNCCc1nccc(N(C)c2cccnc2)n1. The molecule has 2 heterocycles. The molecule has 0 aliphatic rings. The lowest BCUT2D eigenvalue weighted by molar-refractivity contribution is 0.754. The average Bonchev–Trinajstić information content (AvgIpc) is 2.45. The van der Waals surface area contributed by atoms with Gasteiger partial charge in [-0.2, -0.15) is 0 Å². The lowest BCUT2D eigenvalue weighted by Crippen LogP contribution is -2.15. The highest BCUT2D eigenvalue weighted by molar-refractivity contribution is 5.57. The molecule has 2 aromatic heterocycles. The molecule has 0 aliphatic carbocycles. The van der Waals surface area contributed by atoms with Gasteiger partial charge in [0.15, 0.2) is 0 Å². The predicted molar refractivity (Wildman–Crippen MR) is 72.0 cm³/mol. The highest BCUT2D eigenvalue weighted by Crippen LogP contribution is 2.19. The molecule has 0 unspecified atom stereocenters. The maximum atomic E-state index is 4.53. The Morgan fingerprint density at radius 1 is 1.28 bits per heavy atom. The normalized spacial score (nSPS) is 10.3. The highest BCUT2D eigenvalue weighted by Gasteiger charge is 2.06. The molecule has 94 valence electrons. The first-order valence-electron chi connectivity index (χ1n) is 5.91. The van der Waals surface area contributed by atoms with Gasteiger partial charge < -0.3 is 10.2 Å². The summed E-state index contributed by atoms with van der Waals surface area (Å²) in [4.78, 5) is 14.9. The van der Waals surface area contributed by atoms with Crippen LogP contribution in [-0.4, -0.2) is 35.6 Å². The number of nitrogens with zero attached hydrogens (tertiary/aromatic N) is 4. The molecule has 0 radical (unpaired) electrons. The van der Waals surface area contributed by atoms with Gasteiger partial charge in [-0.1, -0.05) is 0 Å². The first kappa shape index (κ1) is 12.4. The second kappa shape index (κ2) is 6.07. The van der Waals surface area contributed by atoms with E-state index in [1.165, 1.54) is 0 Å². The van der Waals surface area contributed by atoms with Crippen LogP contribution in [0.4, 0.5) is 11.5 Å². The fraction of sp³-hybridized carbons (Fsp3) is 0.308. The molecule has 0 spiro atoms. The third-order valence-electron chi connectivity index (χ3n) is 2.67. The maximum absolute atomic E-state index is 4.53. The van der Waals surface area contributed by atoms with Crippen molar-refractivity contribution in [3.05, 3.63) is 42.6 Å². The van der Waals surface area contributed by atoms with E-state index >= 15 is 0 Å². The van der Waals surface area contributed by atoms with Crippen molar-refractivity contribution in [1.82, 2.24) is 20.3 Å². The number of rotatable bonds is 5. The maximum Gasteiger partial charge on any atom is 0.136 e. The molecule has 18 heavy (non-hydrogen) atoms. The molecular weight excluding hydrogens is 226 g/mol. The van der Waals surface area contributed by atoms with E-state index in [-0.39, 0.29) is 0 Å². The summed E-state index contributed by atoms with van der Waals surface area (Å²) in [7, 11) is 3.90. The Bertz CT molecular complexity index is 486. The number of pyridine rings is 1. The Labute approximate surface area is 107 Å². The van der Waals surface area contributed by atoms with E-state index in [0.717, 1.165) is 30.3 Å². The van der Waals surface area contributed by atoms with E-state index in [2.05, 4.69) is 20.3 Å². The molecule has 0 saturated heterocycles. The number of aromatic nitrogens is 3. The fourth-order valence-corrected chi connectivity index (χ4v) is 1.62. The zero-order chi connectivity index (χ0) is 12.8. The van der Waals surface area contributed by atoms with Crippen molar-refractivity contribution in [3.8, 4) is 0 Å². The van der Waals surface area contributed by atoms with Crippen LogP contribution in [0.15, 0.2) is 36.8 Å². The molecule has 2 rings (SSSR count). The smallest absolute Gasteiger partial charge is 0.136 e. The Kier molecular flexibility index (Phi) is 4.20. The van der Waals surface area contributed by atoms with E-state index in [1.54, 1.807) is 12.4 Å². The molecular formula is C13H17N5. The molecule has 1 N–H and O–H groups in total. The number of anilines is 2. The van der Waals surface area contributed by atoms with Crippen LogP contribution >= 0.6 is 0 Å². The third-order valence-corrected chi connectivity index (χ3v) is 2.67. The lowest BCUT2D eigenvalue weighted by Gasteiger charge is -2.17. The Balaban J connectivity index is 2.17. The molecule has 0 aromatic carbocycles. The average molecular weight is 243 g/mol. The minimum Gasteiger partial charge on any atom is -0.328 e. The van der Waals surface area contributed by atoms with Crippen molar-refractivity contribution < 1.29 is 0 Å². The first-order chi connectivity index (χ1) is 8.81. The van der Waals surface area contributed by atoms with E-state index in [0.29, 0.717) is 0 Å². The quantitative estimate of drug-likeness (QED) is 0.860. The summed E-state index contributed by atoms with van der Waals surface area (Å²) >= 11 is 0. The minimum atomic E-state index is 0.825. The van der Waals surface area contributed by atoms with Crippen LogP contribution in [-0.2, 0) is 6.42 Å². The minimum absolute atomic E-state index is 0.825. The van der Waals surface area contributed by atoms with Gasteiger partial charge in [-0.25, -0.2) is 9.97 Å². The van der Waals surface area contributed by atoms with Crippen molar-refractivity contribution in [1.29, 1.82) is 0 Å². The molecule has 5 heteroatoms. The molecule has 0 aliphatic heterocycles. The van der Waals surface area contributed by atoms with E-state index in [9.17, 15) is 0 Å². The van der Waals surface area contributed by atoms with E-state index in [4.69, 9.17) is 0 Å². The van der Waals surface area contributed by atoms with E-state index in [1.807, 2.05) is 43.4 Å². The zero-order valence-corrected chi connectivity index (χ0v) is 10.7. The topological polar surface area (TPSA) is 53.9 Å². The molecule has 0 bridgehead atoms. The van der Waals surface area contributed by atoms with Gasteiger partial charge in [0.1, 0.15) is 11.6 Å². The summed E-state index contributed by atoms with van der Waals surface area (Å²) in [5.41, 5.74) is 1.01. The lowest BCUT2D eigenvalue weighted by atomic mass is 10.3. The van der Waals surface area contributed by atoms with Crippen molar-refractivity contribution in [3.63, 3.8) is 0 Å². The summed E-state index contributed by atoms with van der Waals surface area (Å²) in [6, 6.07) is 5.81. The summed E-state index contributed by atoms with van der Waals surface area (Å²) in [6.45, 7) is 0.875. The van der Waals surface area contributed by atoms with Crippen molar-refractivity contribution in [2.24, 2.45) is 0 Å². The van der Waals surface area contributed by atoms with Crippen LogP contribution in [0.25, 0.3) is 0 Å². The monoisotopic (exact) mass is 243 g/mol. The molecule has 2 aromatic rings. The second-order valence-corrected chi connectivity index (χ2v) is 3.95. The van der Waals surface area contributed by atoms with Crippen LogP contribution in [0.2, 0.25) is 0 Å². The molecule has 0 fully saturated rings. The van der Waals surface area contributed by atoms with Gasteiger partial charge >= 0.3 is 0 Å². The van der Waals surface area contributed by atoms with Gasteiger partial charge in [-0.05, 0) is 25.2 Å². The van der Waals surface area contributed by atoms with Crippen molar-refractivity contribution in [2.45, 2.75) is 6.42 Å². The van der Waals surface area contributed by atoms with Gasteiger partial charge in [0.2, 0.25) is 0 Å². The van der Waals surface area contributed by atoms with Gasteiger partial charge in [0.25, 0.3) is 0 Å². The first-order valence-corrected chi connectivity index (χ1v) is 5.91. The second-order valence-electron chi connectivity index (χ2n) is 3.95. The summed E-state index contributed by atoms with van der Waals surface area (Å²) in [5, 5.41) is 3.09. The molecule has 5 nitrogen and oxygen atoms in total. The standard InChI is InChI=1S/C13H17N5/c1-14-8-5-12-16-9-6-13(17-12)18(2)11-4-3-7-15-10-11/h3-4,6-7,9-10,14H,5,8H2,1-2H3. The summed E-state index contributed by atoms with van der Waals surface area (Å²) < 4.78 is 0. The van der Waals surface area contributed by atoms with Gasteiger partial charge in [0.05, 0.1) is 11.9 Å². The van der Waals surface area contributed by atoms with Crippen LogP contribution in [0.3, 0.4) is 0 Å². The molecule has 0 saturated carbocycles. The van der Waals surface area contributed by atoms with Crippen molar-refractivity contribution in [2.75, 3.05) is 25.5 Å².